The molecule has 0 spiro atoms. The quantitative estimate of drug-likeness (QED) is 0.682. The van der Waals surface area contributed by atoms with Crippen molar-refractivity contribution in [1.82, 2.24) is 4.90 Å². The molecule has 0 radical (unpaired) electrons. The van der Waals surface area contributed by atoms with Crippen molar-refractivity contribution < 1.29 is 19.4 Å². The average Bonchev–Trinajstić information content (AvgIpc) is 2.10. The Morgan fingerprint density at radius 2 is 2.50 bits per heavy atom. The summed E-state index contributed by atoms with van der Waals surface area (Å²) in [6.45, 7) is 4.13. The molecular weight excluding hydrogens is 186 g/mol. The van der Waals surface area contributed by atoms with Gasteiger partial charge in [-0.25, -0.2) is 4.79 Å². The molecule has 5 heteroatoms. The van der Waals surface area contributed by atoms with Gasteiger partial charge >= 0.3 is 12.1 Å². The standard InChI is InChI=1S/C9H13NO4/c1-2-4-10-7(6-8(11)12)3-5-14-9(10)13/h2,7H,1,3-6H2,(H,11,12). The van der Waals surface area contributed by atoms with Crippen LogP contribution in [-0.4, -0.2) is 41.3 Å². The molecule has 1 N–H and O–H groups in total. The molecule has 0 aromatic heterocycles. The lowest BCUT2D eigenvalue weighted by Crippen LogP contribution is -2.46. The molecular formula is C9H13NO4. The zero-order valence-corrected chi connectivity index (χ0v) is 7.81. The van der Waals surface area contributed by atoms with Gasteiger partial charge < -0.3 is 14.7 Å². The van der Waals surface area contributed by atoms with Crippen LogP contribution < -0.4 is 0 Å². The van der Waals surface area contributed by atoms with Gasteiger partial charge in [0.1, 0.15) is 0 Å². The molecule has 1 aliphatic heterocycles. The summed E-state index contributed by atoms with van der Waals surface area (Å²) >= 11 is 0. The monoisotopic (exact) mass is 199 g/mol. The van der Waals surface area contributed by atoms with E-state index in [1.54, 1.807) is 6.08 Å². The largest absolute Gasteiger partial charge is 0.481 e. The minimum atomic E-state index is -0.904. The van der Waals surface area contributed by atoms with Gasteiger partial charge in [-0.3, -0.25) is 4.79 Å². The Bertz CT molecular complexity index is 251. The summed E-state index contributed by atoms with van der Waals surface area (Å²) in [5.74, 6) is -0.904. The van der Waals surface area contributed by atoms with Crippen molar-refractivity contribution in [2.75, 3.05) is 13.2 Å². The van der Waals surface area contributed by atoms with Crippen LogP contribution in [-0.2, 0) is 9.53 Å². The maximum atomic E-state index is 11.2. The van der Waals surface area contributed by atoms with Crippen LogP contribution in [0.3, 0.4) is 0 Å². The molecule has 0 aromatic carbocycles. The van der Waals surface area contributed by atoms with Crippen molar-refractivity contribution in [3.05, 3.63) is 12.7 Å². The number of carboxylic acids is 1. The third kappa shape index (κ3) is 2.48. The normalized spacial score (nSPS) is 21.6. The van der Waals surface area contributed by atoms with Crippen molar-refractivity contribution >= 4 is 12.1 Å². The van der Waals surface area contributed by atoms with E-state index >= 15 is 0 Å². The van der Waals surface area contributed by atoms with Crippen LogP contribution in [0.4, 0.5) is 4.79 Å². The van der Waals surface area contributed by atoms with E-state index in [2.05, 4.69) is 6.58 Å². The van der Waals surface area contributed by atoms with Gasteiger partial charge in [0.05, 0.1) is 13.0 Å². The molecule has 1 fully saturated rings. The third-order valence-electron chi connectivity index (χ3n) is 2.09. The molecule has 14 heavy (non-hydrogen) atoms. The van der Waals surface area contributed by atoms with Crippen molar-refractivity contribution in [3.8, 4) is 0 Å². The molecule has 78 valence electrons. The summed E-state index contributed by atoms with van der Waals surface area (Å²) in [6, 6.07) is -0.272. The molecule has 0 saturated carbocycles. The molecule has 1 saturated heterocycles. The summed E-state index contributed by atoms with van der Waals surface area (Å²) in [7, 11) is 0. The number of rotatable bonds is 4. The zero-order chi connectivity index (χ0) is 10.6. The van der Waals surface area contributed by atoms with E-state index in [1.165, 1.54) is 4.90 Å². The minimum absolute atomic E-state index is 0.0388. The SMILES string of the molecule is C=CCN1C(=O)OCCC1CC(=O)O. The van der Waals surface area contributed by atoms with Gasteiger partial charge in [-0.1, -0.05) is 6.08 Å². The first-order valence-electron chi connectivity index (χ1n) is 4.41. The molecule has 1 rings (SSSR count). The van der Waals surface area contributed by atoms with Gasteiger partial charge in [-0.15, -0.1) is 6.58 Å². The molecule has 1 aliphatic rings. The van der Waals surface area contributed by atoms with E-state index in [1.807, 2.05) is 0 Å². The van der Waals surface area contributed by atoms with Crippen molar-refractivity contribution in [2.24, 2.45) is 0 Å². The highest BCUT2D eigenvalue weighted by atomic mass is 16.6. The second kappa shape index (κ2) is 4.64. The minimum Gasteiger partial charge on any atom is -0.481 e. The predicted molar refractivity (Wildman–Crippen MR) is 48.9 cm³/mol. The summed E-state index contributed by atoms with van der Waals surface area (Å²) in [5, 5.41) is 8.63. The first-order chi connectivity index (χ1) is 6.65. The van der Waals surface area contributed by atoms with Crippen LogP contribution >= 0.6 is 0 Å². The number of hydrogen-bond acceptors (Lipinski definition) is 3. The first-order valence-corrected chi connectivity index (χ1v) is 4.41. The maximum absolute atomic E-state index is 11.2. The van der Waals surface area contributed by atoms with Gasteiger partial charge in [-0.2, -0.15) is 0 Å². The van der Waals surface area contributed by atoms with Gasteiger partial charge in [0.25, 0.3) is 0 Å². The number of aliphatic carboxylic acids is 1. The highest BCUT2D eigenvalue weighted by Gasteiger charge is 2.29. The molecule has 0 aromatic rings. The van der Waals surface area contributed by atoms with E-state index in [0.29, 0.717) is 19.6 Å². The van der Waals surface area contributed by atoms with E-state index in [9.17, 15) is 9.59 Å². The number of carboxylic acid groups (broad SMARTS) is 1. The number of carbonyl (C=O) groups excluding carboxylic acids is 1. The van der Waals surface area contributed by atoms with E-state index in [4.69, 9.17) is 9.84 Å². The van der Waals surface area contributed by atoms with Gasteiger partial charge in [-0.05, 0) is 0 Å². The number of hydrogen-bond donors (Lipinski definition) is 1. The smallest absolute Gasteiger partial charge is 0.410 e. The van der Waals surface area contributed by atoms with Crippen LogP contribution in [0.5, 0.6) is 0 Å². The lowest BCUT2D eigenvalue weighted by Gasteiger charge is -2.33. The fourth-order valence-electron chi connectivity index (χ4n) is 1.45. The Morgan fingerprint density at radius 1 is 1.79 bits per heavy atom. The number of cyclic esters (lactones) is 1. The Labute approximate surface area is 82.0 Å². The Morgan fingerprint density at radius 3 is 3.07 bits per heavy atom. The van der Waals surface area contributed by atoms with E-state index in [0.717, 1.165) is 0 Å². The summed E-state index contributed by atoms with van der Waals surface area (Å²) < 4.78 is 4.80. The van der Waals surface area contributed by atoms with Crippen LogP contribution in [0, 0.1) is 0 Å². The second-order valence-corrected chi connectivity index (χ2v) is 3.10. The third-order valence-corrected chi connectivity index (χ3v) is 2.09. The summed E-state index contributed by atoms with van der Waals surface area (Å²) in [5.41, 5.74) is 0. The molecule has 5 nitrogen and oxygen atoms in total. The van der Waals surface area contributed by atoms with Crippen LogP contribution in [0.25, 0.3) is 0 Å². The van der Waals surface area contributed by atoms with Crippen molar-refractivity contribution in [3.63, 3.8) is 0 Å². The predicted octanol–water partition coefficient (Wildman–Crippen LogP) is 0.858. The fourth-order valence-corrected chi connectivity index (χ4v) is 1.45. The lowest BCUT2D eigenvalue weighted by molar-refractivity contribution is -0.138. The molecule has 0 bridgehead atoms. The van der Waals surface area contributed by atoms with Crippen molar-refractivity contribution in [2.45, 2.75) is 18.9 Å². The first kappa shape index (κ1) is 10.6. The van der Waals surface area contributed by atoms with Crippen LogP contribution in [0.1, 0.15) is 12.8 Å². The van der Waals surface area contributed by atoms with Crippen LogP contribution in [0.2, 0.25) is 0 Å². The Hall–Kier alpha value is -1.52. The average molecular weight is 199 g/mol. The molecule has 1 atom stereocenters. The topological polar surface area (TPSA) is 66.8 Å². The lowest BCUT2D eigenvalue weighted by atomic mass is 10.1. The summed E-state index contributed by atoms with van der Waals surface area (Å²) in [6.07, 6.45) is 1.62. The Balaban J connectivity index is 2.63. The second-order valence-electron chi connectivity index (χ2n) is 3.10. The molecule has 1 amide bonds. The van der Waals surface area contributed by atoms with Gasteiger partial charge in [0.2, 0.25) is 0 Å². The van der Waals surface area contributed by atoms with Gasteiger partial charge in [0.15, 0.2) is 0 Å². The maximum Gasteiger partial charge on any atom is 0.410 e. The van der Waals surface area contributed by atoms with E-state index < -0.39 is 12.1 Å². The fraction of sp³-hybridized carbons (Fsp3) is 0.556. The summed E-state index contributed by atoms with van der Waals surface area (Å²) in [4.78, 5) is 23.2. The molecule has 0 aliphatic carbocycles. The van der Waals surface area contributed by atoms with E-state index in [-0.39, 0.29) is 12.5 Å². The number of ether oxygens (including phenoxy) is 1. The molecule has 1 heterocycles. The zero-order valence-electron chi connectivity index (χ0n) is 7.81. The van der Waals surface area contributed by atoms with Gasteiger partial charge in [0, 0.05) is 19.0 Å². The highest BCUT2D eigenvalue weighted by molar-refractivity contribution is 5.72. The Kier molecular flexibility index (Phi) is 3.50. The van der Waals surface area contributed by atoms with Crippen LogP contribution in [0.15, 0.2) is 12.7 Å². The molecule has 1 unspecified atom stereocenters. The highest BCUT2D eigenvalue weighted by Crippen LogP contribution is 2.16. The van der Waals surface area contributed by atoms with Crippen molar-refractivity contribution in [1.29, 1.82) is 0 Å². The number of carbonyl (C=O) groups is 2. The number of amides is 1. The number of nitrogens with zero attached hydrogens (tertiary/aromatic N) is 1.